The van der Waals surface area contributed by atoms with Crippen LogP contribution >= 0.6 is 0 Å². The van der Waals surface area contributed by atoms with Crippen molar-refractivity contribution in [2.24, 2.45) is 0 Å². The molecule has 4 aromatic rings. The summed E-state index contributed by atoms with van der Waals surface area (Å²) in [6.07, 6.45) is 7.30. The molecule has 34 heavy (non-hydrogen) atoms. The van der Waals surface area contributed by atoms with Crippen LogP contribution < -0.4 is 10.2 Å². The Morgan fingerprint density at radius 2 is 1.76 bits per heavy atom. The lowest BCUT2D eigenvalue weighted by Crippen LogP contribution is -2.28. The number of ether oxygens (including phenoxy) is 1. The van der Waals surface area contributed by atoms with Crippen molar-refractivity contribution in [2.75, 3.05) is 13.7 Å². The summed E-state index contributed by atoms with van der Waals surface area (Å²) in [7, 11) is 1.62. The van der Waals surface area contributed by atoms with Gasteiger partial charge in [0.15, 0.2) is 5.43 Å². The molecule has 0 saturated carbocycles. The van der Waals surface area contributed by atoms with Crippen LogP contribution in [0.4, 0.5) is 0 Å². The van der Waals surface area contributed by atoms with Gasteiger partial charge in [-0.15, -0.1) is 0 Å². The zero-order valence-electron chi connectivity index (χ0n) is 20.3. The van der Waals surface area contributed by atoms with E-state index in [0.29, 0.717) is 29.2 Å². The molecule has 0 aliphatic heterocycles. The van der Waals surface area contributed by atoms with Crippen molar-refractivity contribution in [3.63, 3.8) is 0 Å². The monoisotopic (exact) mass is 457 g/mol. The van der Waals surface area contributed by atoms with Crippen molar-refractivity contribution in [1.82, 2.24) is 14.9 Å². The molecule has 0 N–H and O–H groups in total. The number of aryl methyl sites for hydroxylation is 4. The van der Waals surface area contributed by atoms with Crippen LogP contribution in [0.1, 0.15) is 40.0 Å². The maximum absolute atomic E-state index is 13.4. The highest BCUT2D eigenvalue weighted by atomic mass is 16.5. The van der Waals surface area contributed by atoms with E-state index in [1.165, 1.54) is 0 Å². The summed E-state index contributed by atoms with van der Waals surface area (Å²) >= 11 is 0. The maximum atomic E-state index is 13.4. The zero-order chi connectivity index (χ0) is 24.1. The third-order valence-electron chi connectivity index (χ3n) is 6.36. The lowest BCUT2D eigenvalue weighted by Gasteiger charge is -2.23. The topological polar surface area (TPSA) is 68.5 Å². The quantitative estimate of drug-likeness (QED) is 0.346. The largest absolute Gasteiger partial charge is 0.481 e. The molecule has 0 aliphatic rings. The summed E-state index contributed by atoms with van der Waals surface area (Å²) in [6, 6.07) is 11.8. The van der Waals surface area contributed by atoms with E-state index >= 15 is 0 Å². The number of nitrogens with zero attached hydrogens (tertiary/aromatic N) is 3. The highest BCUT2D eigenvalue weighted by Gasteiger charge is 2.17. The first-order valence-electron chi connectivity index (χ1n) is 11.6. The molecule has 4 rings (SSSR count). The Hall–Kier alpha value is -3.51. The van der Waals surface area contributed by atoms with Crippen LogP contribution in [0.25, 0.3) is 11.0 Å². The highest BCUT2D eigenvalue weighted by molar-refractivity contribution is 5.81. The number of rotatable bonds is 9. The first-order valence-corrected chi connectivity index (χ1v) is 11.6. The molecule has 3 aromatic heterocycles. The van der Waals surface area contributed by atoms with Crippen LogP contribution in [-0.4, -0.2) is 28.5 Å². The van der Waals surface area contributed by atoms with Gasteiger partial charge in [-0.05, 0) is 80.6 Å². The van der Waals surface area contributed by atoms with Gasteiger partial charge >= 0.3 is 0 Å². The van der Waals surface area contributed by atoms with E-state index in [9.17, 15) is 4.79 Å². The van der Waals surface area contributed by atoms with Gasteiger partial charge < -0.3 is 9.15 Å². The molecule has 0 unspecified atom stereocenters. The summed E-state index contributed by atoms with van der Waals surface area (Å²) in [5.41, 5.74) is 5.93. The standard InChI is InChI=1S/C28H31N3O3/c1-19-7-9-24-27(32)25(21(3)34-28(24)20(19)2)18-31(17-23-11-13-29-14-12-23)15-5-6-22-8-10-26(33-4)30-16-22/h7-14,16H,5-6,15,17-18H2,1-4H3. The first kappa shape index (κ1) is 23.6. The van der Waals surface area contributed by atoms with Crippen LogP contribution in [0.3, 0.4) is 0 Å². The average molecular weight is 458 g/mol. The van der Waals surface area contributed by atoms with E-state index < -0.39 is 0 Å². The summed E-state index contributed by atoms with van der Waals surface area (Å²) < 4.78 is 11.3. The fraction of sp³-hybridized carbons (Fsp3) is 0.321. The number of fused-ring (bicyclic) bond motifs is 1. The highest BCUT2D eigenvalue weighted by Crippen LogP contribution is 2.23. The van der Waals surface area contributed by atoms with Crippen molar-refractivity contribution in [1.29, 1.82) is 0 Å². The van der Waals surface area contributed by atoms with Crippen molar-refractivity contribution < 1.29 is 9.15 Å². The summed E-state index contributed by atoms with van der Waals surface area (Å²) in [6.45, 7) is 8.02. The molecule has 0 saturated heterocycles. The van der Waals surface area contributed by atoms with Gasteiger partial charge in [0.05, 0.1) is 18.1 Å². The predicted molar refractivity (Wildman–Crippen MR) is 134 cm³/mol. The molecule has 0 spiro atoms. The van der Waals surface area contributed by atoms with Crippen molar-refractivity contribution in [2.45, 2.75) is 46.7 Å². The molecule has 6 nitrogen and oxygen atoms in total. The number of benzene rings is 1. The molecular formula is C28H31N3O3. The number of hydrogen-bond donors (Lipinski definition) is 0. The van der Waals surface area contributed by atoms with Crippen molar-refractivity contribution in [3.05, 3.63) is 98.8 Å². The van der Waals surface area contributed by atoms with E-state index in [1.54, 1.807) is 19.5 Å². The van der Waals surface area contributed by atoms with Crippen LogP contribution in [0.15, 0.2) is 64.2 Å². The van der Waals surface area contributed by atoms with Crippen molar-refractivity contribution in [3.8, 4) is 5.88 Å². The van der Waals surface area contributed by atoms with Gasteiger partial charge in [-0.2, -0.15) is 0 Å². The third kappa shape index (κ3) is 5.34. The first-order chi connectivity index (χ1) is 16.5. The minimum Gasteiger partial charge on any atom is -0.481 e. The smallest absolute Gasteiger partial charge is 0.212 e. The van der Waals surface area contributed by atoms with Gasteiger partial charge in [0.1, 0.15) is 11.3 Å². The molecule has 3 heterocycles. The van der Waals surface area contributed by atoms with Crippen LogP contribution in [0.2, 0.25) is 0 Å². The van der Waals surface area contributed by atoms with Gasteiger partial charge in [0.2, 0.25) is 5.88 Å². The molecule has 0 amide bonds. The van der Waals surface area contributed by atoms with E-state index in [1.807, 2.05) is 63.4 Å². The van der Waals surface area contributed by atoms with Gasteiger partial charge in [0.25, 0.3) is 0 Å². The second-order valence-electron chi connectivity index (χ2n) is 8.73. The number of pyridine rings is 2. The second kappa shape index (κ2) is 10.6. The molecule has 0 aliphatic carbocycles. The summed E-state index contributed by atoms with van der Waals surface area (Å²) in [5, 5.41) is 0.650. The number of hydrogen-bond acceptors (Lipinski definition) is 6. The molecule has 0 bridgehead atoms. The third-order valence-corrected chi connectivity index (χ3v) is 6.36. The fourth-order valence-electron chi connectivity index (χ4n) is 4.19. The number of methoxy groups -OCH3 is 1. The molecule has 0 fully saturated rings. The molecule has 0 radical (unpaired) electrons. The van der Waals surface area contributed by atoms with Gasteiger partial charge in [0, 0.05) is 37.7 Å². The Labute approximate surface area is 200 Å². The molecule has 0 atom stereocenters. The van der Waals surface area contributed by atoms with Gasteiger partial charge in [-0.1, -0.05) is 12.1 Å². The Kier molecular flexibility index (Phi) is 7.38. The molecule has 176 valence electrons. The molecular weight excluding hydrogens is 426 g/mol. The van der Waals surface area contributed by atoms with Crippen LogP contribution in [0.5, 0.6) is 5.88 Å². The Morgan fingerprint density at radius 3 is 2.47 bits per heavy atom. The Bertz CT molecular complexity index is 1320. The fourth-order valence-corrected chi connectivity index (χ4v) is 4.19. The summed E-state index contributed by atoms with van der Waals surface area (Å²) in [5.74, 6) is 1.30. The maximum Gasteiger partial charge on any atom is 0.212 e. The SMILES string of the molecule is COc1ccc(CCCN(Cc2ccncc2)Cc2c(C)oc3c(C)c(C)ccc3c2=O)cn1. The van der Waals surface area contributed by atoms with Gasteiger partial charge in [-0.25, -0.2) is 4.98 Å². The lowest BCUT2D eigenvalue weighted by atomic mass is 10.0. The minimum atomic E-state index is 0.0564. The number of aromatic nitrogens is 2. The van der Waals surface area contributed by atoms with E-state index in [4.69, 9.17) is 9.15 Å². The van der Waals surface area contributed by atoms with Crippen molar-refractivity contribution >= 4 is 11.0 Å². The zero-order valence-corrected chi connectivity index (χ0v) is 20.3. The van der Waals surface area contributed by atoms with E-state index in [2.05, 4.69) is 14.9 Å². The normalized spacial score (nSPS) is 11.3. The second-order valence-corrected chi connectivity index (χ2v) is 8.73. The van der Waals surface area contributed by atoms with Crippen LogP contribution in [-0.2, 0) is 19.5 Å². The lowest BCUT2D eigenvalue weighted by molar-refractivity contribution is 0.250. The van der Waals surface area contributed by atoms with Crippen LogP contribution in [0, 0.1) is 20.8 Å². The van der Waals surface area contributed by atoms with E-state index in [-0.39, 0.29) is 5.43 Å². The average Bonchev–Trinajstić information content (AvgIpc) is 2.85. The Balaban J connectivity index is 1.57. The van der Waals surface area contributed by atoms with E-state index in [0.717, 1.165) is 53.7 Å². The minimum absolute atomic E-state index is 0.0564. The Morgan fingerprint density at radius 1 is 0.971 bits per heavy atom. The molecule has 1 aromatic carbocycles. The summed E-state index contributed by atoms with van der Waals surface area (Å²) in [4.78, 5) is 24.2. The predicted octanol–water partition coefficient (Wildman–Crippen LogP) is 5.15. The van der Waals surface area contributed by atoms with Gasteiger partial charge in [-0.3, -0.25) is 14.7 Å². The molecule has 6 heteroatoms.